The summed E-state index contributed by atoms with van der Waals surface area (Å²) in [5.41, 5.74) is 5.60. The average molecular weight is 544 g/mol. The minimum Gasteiger partial charge on any atom is -0.490 e. The van der Waals surface area contributed by atoms with Gasteiger partial charge in [0, 0.05) is 8.95 Å². The van der Waals surface area contributed by atoms with E-state index in [1.807, 2.05) is 30.3 Å². The highest BCUT2D eigenvalue weighted by atomic mass is 79.9. The van der Waals surface area contributed by atoms with Crippen LogP contribution in [0.5, 0.6) is 5.75 Å². The Kier molecular flexibility index (Phi) is 8.10. The van der Waals surface area contributed by atoms with Gasteiger partial charge in [0.1, 0.15) is 12.4 Å². The molecule has 0 aliphatic carbocycles. The van der Waals surface area contributed by atoms with Gasteiger partial charge in [-0.1, -0.05) is 75.2 Å². The lowest BCUT2D eigenvalue weighted by molar-refractivity contribution is -0.141. The van der Waals surface area contributed by atoms with Crippen molar-refractivity contribution in [1.29, 1.82) is 0 Å². The van der Waals surface area contributed by atoms with Crippen LogP contribution in [0.2, 0.25) is 0 Å². The van der Waals surface area contributed by atoms with Crippen molar-refractivity contribution < 1.29 is 14.6 Å². The maximum absolute atomic E-state index is 11.0. The summed E-state index contributed by atoms with van der Waals surface area (Å²) in [6.45, 7) is 4.26. The molecule has 3 nitrogen and oxygen atoms in total. The van der Waals surface area contributed by atoms with E-state index < -0.39 is 11.9 Å². The second-order valence-electron chi connectivity index (χ2n) is 7.52. The molecule has 1 unspecified atom stereocenters. The Bertz CT molecular complexity index is 1050. The number of carboxylic acid groups (broad SMARTS) is 1. The molecule has 0 aromatic heterocycles. The fourth-order valence-electron chi connectivity index (χ4n) is 3.19. The lowest BCUT2D eigenvalue weighted by atomic mass is 10.0. The minimum absolute atomic E-state index is 0.395. The molecule has 0 heterocycles. The largest absolute Gasteiger partial charge is 0.490 e. The van der Waals surface area contributed by atoms with Gasteiger partial charge in [-0.25, -0.2) is 0 Å². The van der Waals surface area contributed by atoms with Crippen LogP contribution in [0.4, 0.5) is 0 Å². The van der Waals surface area contributed by atoms with Crippen LogP contribution in [0, 0.1) is 5.92 Å². The van der Waals surface area contributed by atoms with Gasteiger partial charge in [-0.15, -0.1) is 0 Å². The normalized spacial score (nSPS) is 12.5. The van der Waals surface area contributed by atoms with Crippen molar-refractivity contribution in [2.45, 2.75) is 20.3 Å². The highest BCUT2D eigenvalue weighted by Gasteiger charge is 2.11. The fraction of sp³-hybridized carbons (Fsp3) is 0.192. The molecule has 3 rings (SSSR count). The maximum atomic E-state index is 11.0. The number of halogens is 2. The molecule has 31 heavy (non-hydrogen) atoms. The molecule has 0 bridgehead atoms. The molecule has 1 atom stereocenters. The third-order valence-electron chi connectivity index (χ3n) is 5.06. The van der Waals surface area contributed by atoms with E-state index in [-0.39, 0.29) is 0 Å². The molecule has 0 fully saturated rings. The van der Waals surface area contributed by atoms with Crippen LogP contribution in [-0.4, -0.2) is 17.7 Å². The molecule has 3 aromatic carbocycles. The van der Waals surface area contributed by atoms with Gasteiger partial charge >= 0.3 is 5.97 Å². The van der Waals surface area contributed by atoms with Crippen LogP contribution in [-0.2, 0) is 11.2 Å². The molecule has 0 amide bonds. The second kappa shape index (κ2) is 10.8. The number of ether oxygens (including phenoxy) is 1. The van der Waals surface area contributed by atoms with Gasteiger partial charge < -0.3 is 9.84 Å². The number of benzene rings is 3. The Balaban J connectivity index is 1.58. The maximum Gasteiger partial charge on any atom is 0.306 e. The van der Waals surface area contributed by atoms with Crippen molar-refractivity contribution in [2.75, 3.05) is 6.61 Å². The first-order chi connectivity index (χ1) is 14.8. The summed E-state index contributed by atoms with van der Waals surface area (Å²) < 4.78 is 7.90. The zero-order chi connectivity index (χ0) is 22.4. The van der Waals surface area contributed by atoms with Gasteiger partial charge in [0.05, 0.1) is 5.92 Å². The van der Waals surface area contributed by atoms with Gasteiger partial charge in [0.15, 0.2) is 0 Å². The Morgan fingerprint density at radius 2 is 1.58 bits per heavy atom. The first-order valence-corrected chi connectivity index (χ1v) is 11.6. The van der Waals surface area contributed by atoms with E-state index in [0.717, 1.165) is 42.5 Å². The van der Waals surface area contributed by atoms with E-state index in [1.165, 1.54) is 0 Å². The van der Waals surface area contributed by atoms with Crippen LogP contribution < -0.4 is 4.74 Å². The van der Waals surface area contributed by atoms with Crippen molar-refractivity contribution in [3.05, 3.63) is 92.9 Å². The monoisotopic (exact) mass is 542 g/mol. The molecular formula is C26H24Br2O3. The summed E-state index contributed by atoms with van der Waals surface area (Å²) in [7, 11) is 0. The van der Waals surface area contributed by atoms with Crippen molar-refractivity contribution in [3.8, 4) is 16.9 Å². The molecule has 5 heteroatoms. The van der Waals surface area contributed by atoms with E-state index in [2.05, 4.69) is 81.3 Å². The number of aliphatic carboxylic acids is 1. The second-order valence-corrected chi connectivity index (χ2v) is 9.35. The average Bonchev–Trinajstić information content (AvgIpc) is 2.74. The molecule has 0 aliphatic heterocycles. The number of carbonyl (C=O) groups is 1. The number of hydrogen-bond acceptors (Lipinski definition) is 2. The SMILES string of the molecule is C/C(=C\COc1ccc(CC(C)C(=O)O)cc1)c1ccc(-c2cc(Br)cc(Br)c2)cc1. The summed E-state index contributed by atoms with van der Waals surface area (Å²) in [5.74, 6) is -0.404. The summed E-state index contributed by atoms with van der Waals surface area (Å²) in [5, 5.41) is 9.02. The predicted molar refractivity (Wildman–Crippen MR) is 133 cm³/mol. The number of hydrogen-bond donors (Lipinski definition) is 1. The van der Waals surface area contributed by atoms with Crippen molar-refractivity contribution in [3.63, 3.8) is 0 Å². The topological polar surface area (TPSA) is 46.5 Å². The van der Waals surface area contributed by atoms with E-state index in [9.17, 15) is 4.79 Å². The fourth-order valence-corrected chi connectivity index (χ4v) is 4.48. The van der Waals surface area contributed by atoms with Crippen LogP contribution in [0.15, 0.2) is 81.8 Å². The molecular weight excluding hydrogens is 520 g/mol. The van der Waals surface area contributed by atoms with E-state index in [4.69, 9.17) is 9.84 Å². The first kappa shape index (κ1) is 23.3. The molecule has 0 spiro atoms. The molecule has 1 N–H and O–H groups in total. The highest BCUT2D eigenvalue weighted by molar-refractivity contribution is 9.11. The summed E-state index contributed by atoms with van der Waals surface area (Å²) in [4.78, 5) is 11.0. The summed E-state index contributed by atoms with van der Waals surface area (Å²) in [6.07, 6.45) is 2.58. The van der Waals surface area contributed by atoms with Gasteiger partial charge in [-0.05, 0) is 77.6 Å². The number of rotatable bonds is 8. The Morgan fingerprint density at radius 1 is 0.968 bits per heavy atom. The third-order valence-corrected chi connectivity index (χ3v) is 5.98. The lowest BCUT2D eigenvalue weighted by Crippen LogP contribution is -2.12. The van der Waals surface area contributed by atoms with E-state index >= 15 is 0 Å². The molecule has 0 saturated carbocycles. The molecule has 0 saturated heterocycles. The molecule has 160 valence electrons. The quantitative estimate of drug-likeness (QED) is 0.318. The van der Waals surface area contributed by atoms with Crippen molar-refractivity contribution >= 4 is 43.4 Å². The van der Waals surface area contributed by atoms with E-state index in [1.54, 1.807) is 6.92 Å². The Morgan fingerprint density at radius 3 is 2.16 bits per heavy atom. The summed E-state index contributed by atoms with van der Waals surface area (Å²) in [6, 6.07) is 22.3. The zero-order valence-corrected chi connectivity index (χ0v) is 20.6. The minimum atomic E-state index is -0.779. The number of allylic oxidation sites excluding steroid dienone is 1. The van der Waals surface area contributed by atoms with Crippen LogP contribution in [0.3, 0.4) is 0 Å². The highest BCUT2D eigenvalue weighted by Crippen LogP contribution is 2.28. The molecule has 3 aromatic rings. The van der Waals surface area contributed by atoms with Crippen LogP contribution in [0.1, 0.15) is 25.0 Å². The van der Waals surface area contributed by atoms with Gasteiger partial charge in [0.2, 0.25) is 0 Å². The predicted octanol–water partition coefficient (Wildman–Crippen LogP) is 7.62. The zero-order valence-electron chi connectivity index (χ0n) is 17.4. The third kappa shape index (κ3) is 6.81. The van der Waals surface area contributed by atoms with Gasteiger partial charge in [-0.2, -0.15) is 0 Å². The van der Waals surface area contributed by atoms with Crippen molar-refractivity contribution in [1.82, 2.24) is 0 Å². The van der Waals surface area contributed by atoms with Gasteiger partial charge in [0.25, 0.3) is 0 Å². The summed E-state index contributed by atoms with van der Waals surface area (Å²) >= 11 is 7.08. The van der Waals surface area contributed by atoms with Gasteiger partial charge in [-0.3, -0.25) is 4.79 Å². The first-order valence-electron chi connectivity index (χ1n) is 10.00. The Hall–Kier alpha value is -2.37. The van der Waals surface area contributed by atoms with Crippen molar-refractivity contribution in [2.24, 2.45) is 5.92 Å². The molecule has 0 aliphatic rings. The number of carboxylic acids is 1. The van der Waals surface area contributed by atoms with Crippen LogP contribution >= 0.6 is 31.9 Å². The Labute approximate surface area is 200 Å². The molecule has 0 radical (unpaired) electrons. The van der Waals surface area contributed by atoms with E-state index in [0.29, 0.717) is 13.0 Å². The smallest absolute Gasteiger partial charge is 0.306 e. The lowest BCUT2D eigenvalue weighted by Gasteiger charge is -2.09. The standard InChI is InChI=1S/C26H24Br2O3/c1-17(11-12-31-25-9-3-19(4-10-25)13-18(2)26(29)30)20-5-7-21(8-6-20)22-14-23(27)16-24(28)15-22/h3-11,14-16,18H,12-13H2,1-2H3,(H,29,30)/b17-11+. The van der Waals surface area contributed by atoms with Crippen LogP contribution in [0.25, 0.3) is 16.7 Å².